The summed E-state index contributed by atoms with van der Waals surface area (Å²) in [4.78, 5) is 27.9. The first kappa shape index (κ1) is 17.9. The van der Waals surface area contributed by atoms with Crippen LogP contribution in [-0.2, 0) is 9.59 Å². The van der Waals surface area contributed by atoms with E-state index in [2.05, 4.69) is 6.07 Å². The molecular weight excluding hydrogens is 362 g/mol. The summed E-state index contributed by atoms with van der Waals surface area (Å²) >= 11 is 1.17. The summed E-state index contributed by atoms with van der Waals surface area (Å²) < 4.78 is 5.16. The van der Waals surface area contributed by atoms with Crippen molar-refractivity contribution in [2.24, 2.45) is 17.1 Å². The zero-order valence-electron chi connectivity index (χ0n) is 15.1. The van der Waals surface area contributed by atoms with E-state index in [1.165, 1.54) is 16.7 Å². The van der Waals surface area contributed by atoms with Gasteiger partial charge in [0.2, 0.25) is 11.8 Å². The van der Waals surface area contributed by atoms with Crippen LogP contribution < -0.4 is 15.4 Å². The fourth-order valence-electron chi connectivity index (χ4n) is 4.78. The summed E-state index contributed by atoms with van der Waals surface area (Å²) in [7, 11) is 1.57. The molecule has 0 unspecified atom stereocenters. The SMILES string of the molecule is COc1ccc(N2C(=O)[C@@H]3[C@@H](SC(N)=C(C#N)C34CCCCC4)C2=O)cc1. The third-order valence-corrected chi connectivity index (χ3v) is 7.22. The number of anilines is 1. The van der Waals surface area contributed by atoms with Gasteiger partial charge < -0.3 is 10.5 Å². The van der Waals surface area contributed by atoms with Gasteiger partial charge in [0.05, 0.1) is 35.4 Å². The summed E-state index contributed by atoms with van der Waals surface area (Å²) in [5.74, 6) is -0.333. The van der Waals surface area contributed by atoms with Crippen LogP contribution in [-0.4, -0.2) is 24.2 Å². The largest absolute Gasteiger partial charge is 0.497 e. The van der Waals surface area contributed by atoms with Gasteiger partial charge in [0.15, 0.2) is 0 Å². The third kappa shape index (κ3) is 2.54. The lowest BCUT2D eigenvalue weighted by molar-refractivity contribution is -0.124. The minimum Gasteiger partial charge on any atom is -0.497 e. The highest BCUT2D eigenvalue weighted by atomic mass is 32.2. The standard InChI is InChI=1S/C20H21N3O3S/c1-26-13-7-5-12(6-8-13)23-18(24)15-16(19(23)25)27-17(22)14(11-21)20(15)9-3-2-4-10-20/h5-8,15-16H,2-4,9-10,22H2,1H3/t15-,16+/m0/s1. The molecule has 3 aliphatic rings. The number of carbonyl (C=O) groups is 2. The fraction of sp³-hybridized carbons (Fsp3) is 0.450. The first-order valence-electron chi connectivity index (χ1n) is 9.12. The van der Waals surface area contributed by atoms with Crippen LogP contribution in [0.2, 0.25) is 0 Å². The zero-order valence-corrected chi connectivity index (χ0v) is 15.9. The van der Waals surface area contributed by atoms with E-state index >= 15 is 0 Å². The number of hydrogen-bond acceptors (Lipinski definition) is 6. The van der Waals surface area contributed by atoms with Gasteiger partial charge in [-0.25, -0.2) is 4.90 Å². The predicted molar refractivity (Wildman–Crippen MR) is 103 cm³/mol. The normalized spacial score (nSPS) is 26.9. The molecule has 2 heterocycles. The molecule has 7 heteroatoms. The van der Waals surface area contributed by atoms with E-state index in [0.29, 0.717) is 22.0 Å². The topological polar surface area (TPSA) is 96.4 Å². The van der Waals surface area contributed by atoms with E-state index in [9.17, 15) is 14.9 Å². The number of thioether (sulfide) groups is 1. The molecule has 140 valence electrons. The molecule has 2 aliphatic heterocycles. The van der Waals surface area contributed by atoms with Gasteiger partial charge in [-0.1, -0.05) is 31.0 Å². The molecule has 4 rings (SSSR count). The minimum atomic E-state index is -0.610. The highest BCUT2D eigenvalue weighted by molar-refractivity contribution is 8.04. The second-order valence-electron chi connectivity index (χ2n) is 7.29. The summed E-state index contributed by atoms with van der Waals surface area (Å²) in [6, 6.07) is 9.16. The lowest BCUT2D eigenvalue weighted by Gasteiger charge is -2.45. The molecule has 27 heavy (non-hydrogen) atoms. The summed E-state index contributed by atoms with van der Waals surface area (Å²) in [5, 5.41) is 9.61. The Morgan fingerprint density at radius 2 is 1.85 bits per heavy atom. The monoisotopic (exact) mass is 383 g/mol. The Hall–Kier alpha value is -2.46. The lowest BCUT2D eigenvalue weighted by atomic mass is 9.61. The Morgan fingerprint density at radius 1 is 1.19 bits per heavy atom. The van der Waals surface area contributed by atoms with Crippen molar-refractivity contribution >= 4 is 29.3 Å². The van der Waals surface area contributed by atoms with Gasteiger partial charge in [0.1, 0.15) is 11.0 Å². The average molecular weight is 383 g/mol. The summed E-state index contributed by atoms with van der Waals surface area (Å²) in [5.41, 5.74) is 6.63. The van der Waals surface area contributed by atoms with Crippen LogP contribution in [0.15, 0.2) is 34.9 Å². The van der Waals surface area contributed by atoms with E-state index in [1.807, 2.05) is 0 Å². The van der Waals surface area contributed by atoms with Gasteiger partial charge in [0, 0.05) is 5.41 Å². The number of amides is 2. The molecule has 1 aromatic rings. The Morgan fingerprint density at radius 3 is 2.44 bits per heavy atom. The van der Waals surface area contributed by atoms with Crippen molar-refractivity contribution in [1.29, 1.82) is 5.26 Å². The first-order chi connectivity index (χ1) is 13.0. The number of benzene rings is 1. The van der Waals surface area contributed by atoms with Crippen molar-refractivity contribution in [2.45, 2.75) is 37.4 Å². The quantitative estimate of drug-likeness (QED) is 0.789. The molecule has 0 radical (unpaired) electrons. The summed E-state index contributed by atoms with van der Waals surface area (Å²) in [6.07, 6.45) is 4.42. The average Bonchev–Trinajstić information content (AvgIpc) is 2.93. The number of imide groups is 1. The molecule has 0 aromatic heterocycles. The van der Waals surface area contributed by atoms with Crippen LogP contribution in [0.25, 0.3) is 0 Å². The third-order valence-electron chi connectivity index (χ3n) is 6.03. The van der Waals surface area contributed by atoms with Gasteiger partial charge in [-0.15, -0.1) is 0 Å². The molecule has 1 saturated carbocycles. The molecule has 6 nitrogen and oxygen atoms in total. The van der Waals surface area contributed by atoms with Gasteiger partial charge in [0.25, 0.3) is 0 Å². The molecule has 1 aromatic carbocycles. The van der Waals surface area contributed by atoms with Crippen LogP contribution in [0.1, 0.15) is 32.1 Å². The fourth-order valence-corrected chi connectivity index (χ4v) is 6.14. The number of ether oxygens (including phenoxy) is 1. The van der Waals surface area contributed by atoms with Gasteiger partial charge >= 0.3 is 0 Å². The highest BCUT2D eigenvalue weighted by Gasteiger charge is 2.62. The van der Waals surface area contributed by atoms with Crippen molar-refractivity contribution in [1.82, 2.24) is 0 Å². The number of nitriles is 1. The van der Waals surface area contributed by atoms with Crippen molar-refractivity contribution < 1.29 is 14.3 Å². The maximum Gasteiger partial charge on any atom is 0.248 e. The number of rotatable bonds is 2. The molecule has 2 atom stereocenters. The van der Waals surface area contributed by atoms with Crippen molar-refractivity contribution in [3.8, 4) is 11.8 Å². The number of nitrogens with two attached hydrogens (primary N) is 1. The molecule has 2 N–H and O–H groups in total. The summed E-state index contributed by atoms with van der Waals surface area (Å²) in [6.45, 7) is 0. The maximum absolute atomic E-state index is 13.4. The van der Waals surface area contributed by atoms with E-state index in [-0.39, 0.29) is 11.8 Å². The molecule has 2 fully saturated rings. The Bertz CT molecular complexity index is 865. The number of methoxy groups -OCH3 is 1. The second-order valence-corrected chi connectivity index (χ2v) is 8.48. The predicted octanol–water partition coefficient (Wildman–Crippen LogP) is 2.94. The van der Waals surface area contributed by atoms with E-state index < -0.39 is 16.6 Å². The molecular formula is C20H21N3O3S. The van der Waals surface area contributed by atoms with Crippen molar-refractivity contribution in [2.75, 3.05) is 12.0 Å². The van der Waals surface area contributed by atoms with Crippen LogP contribution in [0.4, 0.5) is 5.69 Å². The van der Waals surface area contributed by atoms with Crippen molar-refractivity contribution in [3.05, 3.63) is 34.9 Å². The lowest BCUT2D eigenvalue weighted by Crippen LogP contribution is -2.46. The second kappa shape index (κ2) is 6.61. The Balaban J connectivity index is 1.78. The molecule has 1 spiro atoms. The number of allylic oxidation sites excluding steroid dienone is 1. The smallest absolute Gasteiger partial charge is 0.248 e. The number of nitrogens with zero attached hydrogens (tertiary/aromatic N) is 2. The highest BCUT2D eigenvalue weighted by Crippen LogP contribution is 2.59. The molecule has 0 bridgehead atoms. The van der Waals surface area contributed by atoms with Crippen LogP contribution >= 0.6 is 11.8 Å². The van der Waals surface area contributed by atoms with Gasteiger partial charge in [-0.2, -0.15) is 5.26 Å². The number of hydrogen-bond donors (Lipinski definition) is 1. The van der Waals surface area contributed by atoms with E-state index in [0.717, 1.165) is 32.1 Å². The zero-order chi connectivity index (χ0) is 19.2. The van der Waals surface area contributed by atoms with E-state index in [1.54, 1.807) is 31.4 Å². The number of fused-ring (bicyclic) bond motifs is 2. The Kier molecular flexibility index (Phi) is 4.39. The molecule has 2 amide bonds. The van der Waals surface area contributed by atoms with Gasteiger partial charge in [-0.3, -0.25) is 9.59 Å². The van der Waals surface area contributed by atoms with Crippen LogP contribution in [0.3, 0.4) is 0 Å². The maximum atomic E-state index is 13.4. The van der Waals surface area contributed by atoms with E-state index in [4.69, 9.17) is 10.5 Å². The minimum absolute atomic E-state index is 0.218. The van der Waals surface area contributed by atoms with Crippen LogP contribution in [0.5, 0.6) is 5.75 Å². The Labute approximate surface area is 162 Å². The number of carbonyl (C=O) groups excluding carboxylic acids is 2. The van der Waals surface area contributed by atoms with Gasteiger partial charge in [-0.05, 0) is 37.1 Å². The molecule has 1 saturated heterocycles. The van der Waals surface area contributed by atoms with Crippen molar-refractivity contribution in [3.63, 3.8) is 0 Å². The molecule has 1 aliphatic carbocycles. The first-order valence-corrected chi connectivity index (χ1v) is 10.0. The van der Waals surface area contributed by atoms with Crippen LogP contribution in [0, 0.1) is 22.7 Å².